The Morgan fingerprint density at radius 3 is 2.52 bits per heavy atom. The van der Waals surface area contributed by atoms with Crippen LogP contribution in [0.4, 0.5) is 11.5 Å². The third-order valence-corrected chi connectivity index (χ3v) is 5.31. The highest BCUT2D eigenvalue weighted by Gasteiger charge is 2.23. The number of benzene rings is 1. The number of aryl methyl sites for hydroxylation is 1. The molecule has 2 aromatic rings. The van der Waals surface area contributed by atoms with Gasteiger partial charge in [0.25, 0.3) is 5.91 Å². The van der Waals surface area contributed by atoms with Crippen molar-refractivity contribution in [2.24, 2.45) is 0 Å². The Hall–Kier alpha value is -2.07. The highest BCUT2D eigenvalue weighted by molar-refractivity contribution is 6.30. The molecule has 1 aromatic heterocycles. The number of nitrogens with zero attached hydrogens (tertiary/aromatic N) is 3. The van der Waals surface area contributed by atoms with E-state index >= 15 is 0 Å². The number of rotatable bonds is 2. The SMILES string of the molecule is O=C(c1cnc2c(c1)CCCN2c1ccc(Cl)cc1)N1CCCCC1. The Bertz CT molecular complexity index is 769. The van der Waals surface area contributed by atoms with Gasteiger partial charge < -0.3 is 9.80 Å². The van der Waals surface area contributed by atoms with E-state index < -0.39 is 0 Å². The van der Waals surface area contributed by atoms with Crippen LogP contribution in [0.5, 0.6) is 0 Å². The molecule has 1 fully saturated rings. The number of hydrogen-bond donors (Lipinski definition) is 0. The van der Waals surface area contributed by atoms with Gasteiger partial charge in [0.15, 0.2) is 0 Å². The second-order valence-corrected chi connectivity index (χ2v) is 7.23. The molecule has 3 heterocycles. The van der Waals surface area contributed by atoms with Crippen molar-refractivity contribution in [3.05, 3.63) is 52.7 Å². The Balaban J connectivity index is 1.61. The van der Waals surface area contributed by atoms with Crippen LogP contribution in [0.25, 0.3) is 0 Å². The standard InChI is InChI=1S/C20H22ClN3O/c21-17-6-8-18(9-7-17)24-12-4-5-15-13-16(14-22-19(15)24)20(25)23-10-2-1-3-11-23/h6-9,13-14H,1-5,10-12H2. The summed E-state index contributed by atoms with van der Waals surface area (Å²) in [7, 11) is 0. The highest BCUT2D eigenvalue weighted by atomic mass is 35.5. The molecule has 25 heavy (non-hydrogen) atoms. The molecule has 0 spiro atoms. The van der Waals surface area contributed by atoms with Gasteiger partial charge >= 0.3 is 0 Å². The molecule has 0 N–H and O–H groups in total. The maximum Gasteiger partial charge on any atom is 0.255 e. The molecule has 0 saturated carbocycles. The quantitative estimate of drug-likeness (QED) is 0.798. The molecule has 1 amide bonds. The Morgan fingerprint density at radius 1 is 1.00 bits per heavy atom. The minimum absolute atomic E-state index is 0.124. The number of hydrogen-bond acceptors (Lipinski definition) is 3. The van der Waals surface area contributed by atoms with Crippen LogP contribution in [-0.2, 0) is 6.42 Å². The third kappa shape index (κ3) is 3.36. The van der Waals surface area contributed by atoms with Gasteiger partial charge in [-0.1, -0.05) is 11.6 Å². The lowest BCUT2D eigenvalue weighted by Crippen LogP contribution is -2.36. The number of halogens is 1. The predicted octanol–water partition coefficient (Wildman–Crippen LogP) is 4.45. The molecule has 5 heteroatoms. The van der Waals surface area contributed by atoms with Crippen molar-refractivity contribution in [2.45, 2.75) is 32.1 Å². The number of amides is 1. The van der Waals surface area contributed by atoms with E-state index in [1.807, 2.05) is 35.2 Å². The number of carbonyl (C=O) groups excluding carboxylic acids is 1. The average molecular weight is 356 g/mol. The molecule has 2 aliphatic heterocycles. The molecule has 1 saturated heterocycles. The molecular formula is C20H22ClN3O. The summed E-state index contributed by atoms with van der Waals surface area (Å²) >= 11 is 6.00. The Morgan fingerprint density at radius 2 is 1.76 bits per heavy atom. The molecule has 2 aliphatic rings. The summed E-state index contributed by atoms with van der Waals surface area (Å²) in [6.07, 6.45) is 7.20. The van der Waals surface area contributed by atoms with Gasteiger partial charge in [-0.15, -0.1) is 0 Å². The van der Waals surface area contributed by atoms with Crippen molar-refractivity contribution in [1.82, 2.24) is 9.88 Å². The zero-order valence-electron chi connectivity index (χ0n) is 14.2. The first-order valence-corrected chi connectivity index (χ1v) is 9.41. The van der Waals surface area contributed by atoms with E-state index in [1.54, 1.807) is 6.20 Å². The fourth-order valence-corrected chi connectivity index (χ4v) is 3.86. The van der Waals surface area contributed by atoms with E-state index in [9.17, 15) is 4.79 Å². The summed E-state index contributed by atoms with van der Waals surface area (Å²) in [6, 6.07) is 9.89. The maximum atomic E-state index is 12.7. The molecule has 0 atom stereocenters. The number of piperidine rings is 1. The van der Waals surface area contributed by atoms with E-state index in [0.29, 0.717) is 0 Å². The topological polar surface area (TPSA) is 36.4 Å². The maximum absolute atomic E-state index is 12.7. The molecular weight excluding hydrogens is 334 g/mol. The number of pyridine rings is 1. The summed E-state index contributed by atoms with van der Waals surface area (Å²) in [5.74, 6) is 1.09. The largest absolute Gasteiger partial charge is 0.339 e. The first kappa shape index (κ1) is 16.4. The lowest BCUT2D eigenvalue weighted by atomic mass is 10.0. The zero-order chi connectivity index (χ0) is 17.2. The summed E-state index contributed by atoms with van der Waals surface area (Å²) in [6.45, 7) is 2.67. The second kappa shape index (κ2) is 7.04. The summed E-state index contributed by atoms with van der Waals surface area (Å²) in [5.41, 5.74) is 2.97. The zero-order valence-corrected chi connectivity index (χ0v) is 15.0. The van der Waals surface area contributed by atoms with Crippen LogP contribution in [-0.4, -0.2) is 35.4 Å². The van der Waals surface area contributed by atoms with Crippen LogP contribution < -0.4 is 4.90 Å². The normalized spacial score (nSPS) is 17.3. The van der Waals surface area contributed by atoms with Crippen LogP contribution in [0.15, 0.2) is 36.5 Å². The highest BCUT2D eigenvalue weighted by Crippen LogP contribution is 2.33. The Kier molecular flexibility index (Phi) is 4.62. The summed E-state index contributed by atoms with van der Waals surface area (Å²) in [4.78, 5) is 21.6. The van der Waals surface area contributed by atoms with E-state index in [0.717, 1.165) is 73.0 Å². The molecule has 0 bridgehead atoms. The number of aromatic nitrogens is 1. The van der Waals surface area contributed by atoms with Crippen LogP contribution >= 0.6 is 11.6 Å². The van der Waals surface area contributed by atoms with E-state index in [2.05, 4.69) is 9.88 Å². The van der Waals surface area contributed by atoms with Crippen LogP contribution in [0, 0.1) is 0 Å². The third-order valence-electron chi connectivity index (χ3n) is 5.05. The van der Waals surface area contributed by atoms with Gasteiger partial charge in [-0.25, -0.2) is 4.98 Å². The van der Waals surface area contributed by atoms with Crippen molar-refractivity contribution in [3.8, 4) is 0 Å². The van der Waals surface area contributed by atoms with Crippen LogP contribution in [0.2, 0.25) is 5.02 Å². The number of likely N-dealkylation sites (tertiary alicyclic amines) is 1. The van der Waals surface area contributed by atoms with Crippen LogP contribution in [0.1, 0.15) is 41.6 Å². The lowest BCUT2D eigenvalue weighted by molar-refractivity contribution is 0.0724. The number of anilines is 2. The first-order chi connectivity index (χ1) is 12.2. The molecule has 4 rings (SSSR count). The second-order valence-electron chi connectivity index (χ2n) is 6.79. The van der Waals surface area contributed by atoms with Crippen molar-refractivity contribution in [2.75, 3.05) is 24.5 Å². The summed E-state index contributed by atoms with van der Waals surface area (Å²) < 4.78 is 0. The van der Waals surface area contributed by atoms with Gasteiger partial charge in [0.05, 0.1) is 5.56 Å². The first-order valence-electron chi connectivity index (χ1n) is 9.04. The minimum Gasteiger partial charge on any atom is -0.339 e. The van der Waals surface area contributed by atoms with E-state index in [-0.39, 0.29) is 5.91 Å². The minimum atomic E-state index is 0.124. The Labute approximate surface area is 153 Å². The van der Waals surface area contributed by atoms with Crippen LogP contribution in [0.3, 0.4) is 0 Å². The molecule has 130 valence electrons. The predicted molar refractivity (Wildman–Crippen MR) is 101 cm³/mol. The molecule has 0 aliphatic carbocycles. The van der Waals surface area contributed by atoms with Gasteiger partial charge in [0.2, 0.25) is 0 Å². The van der Waals surface area contributed by atoms with Crippen molar-refractivity contribution >= 4 is 29.0 Å². The van der Waals surface area contributed by atoms with Gasteiger partial charge in [-0.05, 0) is 68.0 Å². The van der Waals surface area contributed by atoms with Crippen molar-refractivity contribution < 1.29 is 4.79 Å². The van der Waals surface area contributed by atoms with Gasteiger partial charge in [0, 0.05) is 36.5 Å². The fraction of sp³-hybridized carbons (Fsp3) is 0.400. The van der Waals surface area contributed by atoms with E-state index in [4.69, 9.17) is 11.6 Å². The van der Waals surface area contributed by atoms with Crippen molar-refractivity contribution in [1.29, 1.82) is 0 Å². The van der Waals surface area contributed by atoms with E-state index in [1.165, 1.54) is 6.42 Å². The summed E-state index contributed by atoms with van der Waals surface area (Å²) in [5, 5.41) is 0.733. The average Bonchev–Trinajstić information content (AvgIpc) is 2.68. The molecule has 0 radical (unpaired) electrons. The van der Waals surface area contributed by atoms with Gasteiger partial charge in [0.1, 0.15) is 5.82 Å². The monoisotopic (exact) mass is 355 g/mol. The fourth-order valence-electron chi connectivity index (χ4n) is 3.73. The van der Waals surface area contributed by atoms with Crippen molar-refractivity contribution in [3.63, 3.8) is 0 Å². The molecule has 1 aromatic carbocycles. The lowest BCUT2D eigenvalue weighted by Gasteiger charge is -2.31. The number of fused-ring (bicyclic) bond motifs is 1. The molecule has 0 unspecified atom stereocenters. The number of carbonyl (C=O) groups is 1. The van der Waals surface area contributed by atoms with Gasteiger partial charge in [-0.3, -0.25) is 4.79 Å². The van der Waals surface area contributed by atoms with Gasteiger partial charge in [-0.2, -0.15) is 0 Å². The smallest absolute Gasteiger partial charge is 0.255 e. The molecule has 4 nitrogen and oxygen atoms in total.